The van der Waals surface area contributed by atoms with E-state index in [0.717, 1.165) is 10.0 Å². The molecule has 0 aliphatic heterocycles. The first-order chi connectivity index (χ1) is 10.7. The van der Waals surface area contributed by atoms with E-state index in [1.54, 1.807) is 0 Å². The van der Waals surface area contributed by atoms with Crippen molar-refractivity contribution in [3.63, 3.8) is 0 Å². The number of tetrazole rings is 1. The van der Waals surface area contributed by atoms with E-state index in [9.17, 15) is 4.79 Å². The molecule has 0 saturated heterocycles. The largest absolute Gasteiger partial charge is 0.324 e. The summed E-state index contributed by atoms with van der Waals surface area (Å²) in [6.45, 7) is 0. The summed E-state index contributed by atoms with van der Waals surface area (Å²) in [6.07, 6.45) is 1.43. The average Bonchev–Trinajstić information content (AvgIpc) is 3.05. The van der Waals surface area contributed by atoms with Crippen molar-refractivity contribution in [3.8, 4) is 0 Å². The molecule has 0 aliphatic carbocycles. The van der Waals surface area contributed by atoms with Crippen LogP contribution in [0.4, 0.5) is 5.69 Å². The molecule has 0 bridgehead atoms. The summed E-state index contributed by atoms with van der Waals surface area (Å²) in [7, 11) is 0. The molecule has 7 heteroatoms. The molecular formula is C15H12BrN5O. The molecule has 3 rings (SSSR count). The highest BCUT2D eigenvalue weighted by molar-refractivity contribution is 9.10. The molecule has 1 heterocycles. The van der Waals surface area contributed by atoms with Crippen LogP contribution in [0.2, 0.25) is 0 Å². The fraction of sp³-hybridized carbons (Fsp3) is 0.0667. The highest BCUT2D eigenvalue weighted by atomic mass is 79.9. The number of anilines is 1. The van der Waals surface area contributed by atoms with Gasteiger partial charge in [-0.1, -0.05) is 46.3 Å². The Bertz CT molecular complexity index is 743. The first-order valence-corrected chi connectivity index (χ1v) is 7.37. The van der Waals surface area contributed by atoms with Crippen LogP contribution in [0.5, 0.6) is 0 Å². The van der Waals surface area contributed by atoms with Gasteiger partial charge in [0.1, 0.15) is 6.33 Å². The van der Waals surface area contributed by atoms with E-state index in [1.165, 1.54) is 11.0 Å². The maximum Gasteiger partial charge on any atom is 0.253 e. The zero-order valence-electron chi connectivity index (χ0n) is 11.4. The Morgan fingerprint density at radius 2 is 1.82 bits per heavy atom. The summed E-state index contributed by atoms with van der Waals surface area (Å²) in [4.78, 5) is 12.7. The number of aromatic nitrogens is 4. The molecule has 1 aromatic heterocycles. The monoisotopic (exact) mass is 357 g/mol. The number of benzene rings is 2. The minimum Gasteiger partial charge on any atom is -0.324 e. The Labute approximate surface area is 135 Å². The van der Waals surface area contributed by atoms with Crippen LogP contribution in [-0.4, -0.2) is 26.1 Å². The molecule has 110 valence electrons. The second-order valence-corrected chi connectivity index (χ2v) is 5.51. The van der Waals surface area contributed by atoms with Crippen LogP contribution in [0.25, 0.3) is 0 Å². The van der Waals surface area contributed by atoms with Crippen LogP contribution >= 0.6 is 15.9 Å². The fourth-order valence-electron chi connectivity index (χ4n) is 2.09. The highest BCUT2D eigenvalue weighted by Gasteiger charge is 2.23. The SMILES string of the molecule is O=C(Nc1ccc(Br)cc1)C(c1ccccc1)n1cnnn1. The second kappa shape index (κ2) is 6.48. The molecule has 0 aliphatic rings. The molecule has 6 nitrogen and oxygen atoms in total. The van der Waals surface area contributed by atoms with Crippen molar-refractivity contribution in [2.75, 3.05) is 5.32 Å². The van der Waals surface area contributed by atoms with Gasteiger partial charge in [0.25, 0.3) is 5.91 Å². The lowest BCUT2D eigenvalue weighted by molar-refractivity contribution is -0.118. The van der Waals surface area contributed by atoms with E-state index in [1.807, 2.05) is 54.6 Å². The smallest absolute Gasteiger partial charge is 0.253 e. The van der Waals surface area contributed by atoms with Gasteiger partial charge in [0, 0.05) is 10.2 Å². The standard InChI is InChI=1S/C15H12BrN5O/c16-12-6-8-13(9-7-12)18-15(22)14(21-10-17-19-20-21)11-4-2-1-3-5-11/h1-10,14H,(H,18,22). The molecule has 1 amide bonds. The minimum atomic E-state index is -0.625. The predicted molar refractivity (Wildman–Crippen MR) is 85.2 cm³/mol. The van der Waals surface area contributed by atoms with E-state index in [0.29, 0.717) is 5.69 Å². The van der Waals surface area contributed by atoms with Gasteiger partial charge in [-0.25, -0.2) is 4.68 Å². The van der Waals surface area contributed by atoms with Crippen LogP contribution < -0.4 is 5.32 Å². The lowest BCUT2D eigenvalue weighted by Crippen LogP contribution is -2.27. The van der Waals surface area contributed by atoms with Gasteiger partial charge < -0.3 is 5.32 Å². The van der Waals surface area contributed by atoms with Crippen LogP contribution in [0.1, 0.15) is 11.6 Å². The van der Waals surface area contributed by atoms with Crippen LogP contribution in [-0.2, 0) is 4.79 Å². The van der Waals surface area contributed by atoms with Gasteiger partial charge in [0.05, 0.1) is 0 Å². The molecule has 22 heavy (non-hydrogen) atoms. The van der Waals surface area contributed by atoms with Gasteiger partial charge in [-0.05, 0) is 40.3 Å². The molecule has 0 saturated carbocycles. The van der Waals surface area contributed by atoms with E-state index in [4.69, 9.17) is 0 Å². The number of hydrogen-bond acceptors (Lipinski definition) is 4. The lowest BCUT2D eigenvalue weighted by atomic mass is 10.1. The summed E-state index contributed by atoms with van der Waals surface area (Å²) >= 11 is 3.37. The van der Waals surface area contributed by atoms with Crippen LogP contribution in [0.15, 0.2) is 65.4 Å². The number of halogens is 1. The zero-order chi connectivity index (χ0) is 15.4. The predicted octanol–water partition coefficient (Wildman–Crippen LogP) is 2.66. The molecule has 1 unspecified atom stereocenters. The Morgan fingerprint density at radius 1 is 1.09 bits per heavy atom. The summed E-state index contributed by atoms with van der Waals surface area (Å²) in [5.74, 6) is -0.208. The second-order valence-electron chi connectivity index (χ2n) is 4.60. The van der Waals surface area contributed by atoms with Crippen LogP contribution in [0, 0.1) is 0 Å². The minimum absolute atomic E-state index is 0.208. The lowest BCUT2D eigenvalue weighted by Gasteiger charge is -2.16. The third-order valence-electron chi connectivity index (χ3n) is 3.10. The summed E-state index contributed by atoms with van der Waals surface area (Å²) in [5.41, 5.74) is 1.52. The third-order valence-corrected chi connectivity index (χ3v) is 3.63. The van der Waals surface area contributed by atoms with Gasteiger partial charge in [0.15, 0.2) is 6.04 Å². The third kappa shape index (κ3) is 3.20. The van der Waals surface area contributed by atoms with Crippen molar-refractivity contribution in [2.45, 2.75) is 6.04 Å². The molecule has 1 atom stereocenters. The molecular weight excluding hydrogens is 346 g/mol. The maximum absolute atomic E-state index is 12.7. The highest BCUT2D eigenvalue weighted by Crippen LogP contribution is 2.20. The number of nitrogens with one attached hydrogen (secondary N) is 1. The van der Waals surface area contributed by atoms with E-state index in [-0.39, 0.29) is 5.91 Å². The first kappa shape index (κ1) is 14.4. The molecule has 0 radical (unpaired) electrons. The number of amides is 1. The van der Waals surface area contributed by atoms with Gasteiger partial charge in [-0.3, -0.25) is 4.79 Å². The van der Waals surface area contributed by atoms with E-state index >= 15 is 0 Å². The first-order valence-electron chi connectivity index (χ1n) is 6.58. The Balaban J connectivity index is 1.89. The Hall–Kier alpha value is -2.54. The Kier molecular flexibility index (Phi) is 4.24. The van der Waals surface area contributed by atoms with Gasteiger partial charge >= 0.3 is 0 Å². The van der Waals surface area contributed by atoms with Gasteiger partial charge in [-0.15, -0.1) is 5.10 Å². The summed E-state index contributed by atoms with van der Waals surface area (Å²) in [5, 5.41) is 14.0. The zero-order valence-corrected chi connectivity index (χ0v) is 13.0. The number of nitrogens with zero attached hydrogens (tertiary/aromatic N) is 4. The van der Waals surface area contributed by atoms with Crippen molar-refractivity contribution < 1.29 is 4.79 Å². The summed E-state index contributed by atoms with van der Waals surface area (Å²) in [6, 6.07) is 16.1. The molecule has 3 aromatic rings. The van der Waals surface area contributed by atoms with Crippen molar-refractivity contribution >= 4 is 27.5 Å². The maximum atomic E-state index is 12.7. The molecule has 1 N–H and O–H groups in total. The van der Waals surface area contributed by atoms with Crippen molar-refractivity contribution in [1.29, 1.82) is 0 Å². The molecule has 0 fully saturated rings. The molecule has 2 aromatic carbocycles. The quantitative estimate of drug-likeness (QED) is 0.778. The van der Waals surface area contributed by atoms with Crippen molar-refractivity contribution in [3.05, 3.63) is 71.0 Å². The summed E-state index contributed by atoms with van der Waals surface area (Å²) < 4.78 is 2.38. The van der Waals surface area contributed by atoms with E-state index in [2.05, 4.69) is 36.8 Å². The Morgan fingerprint density at radius 3 is 2.45 bits per heavy atom. The number of carbonyl (C=O) groups is 1. The fourth-order valence-corrected chi connectivity index (χ4v) is 2.35. The molecule has 0 spiro atoms. The number of rotatable bonds is 4. The average molecular weight is 358 g/mol. The van der Waals surface area contributed by atoms with Crippen LogP contribution in [0.3, 0.4) is 0 Å². The van der Waals surface area contributed by atoms with Crippen molar-refractivity contribution in [1.82, 2.24) is 20.2 Å². The van der Waals surface area contributed by atoms with Gasteiger partial charge in [-0.2, -0.15) is 0 Å². The van der Waals surface area contributed by atoms with Gasteiger partial charge in [0.2, 0.25) is 0 Å². The normalized spacial score (nSPS) is 11.9. The number of hydrogen-bond donors (Lipinski definition) is 1. The van der Waals surface area contributed by atoms with E-state index < -0.39 is 6.04 Å². The topological polar surface area (TPSA) is 72.7 Å². The van der Waals surface area contributed by atoms with Crippen molar-refractivity contribution in [2.24, 2.45) is 0 Å². The number of carbonyl (C=O) groups excluding carboxylic acids is 1.